The molecular formula is C12H18N4OS. The van der Waals surface area contributed by atoms with Crippen molar-refractivity contribution in [3.8, 4) is 0 Å². The van der Waals surface area contributed by atoms with Crippen LogP contribution < -0.4 is 11.1 Å². The van der Waals surface area contributed by atoms with Crippen molar-refractivity contribution >= 4 is 23.0 Å². The maximum absolute atomic E-state index is 5.67. The first-order chi connectivity index (χ1) is 8.46. The lowest BCUT2D eigenvalue weighted by Gasteiger charge is -2.35. The summed E-state index contributed by atoms with van der Waals surface area (Å²) in [4.78, 5) is 8.68. The fraction of sp³-hybridized carbons (Fsp3) is 0.583. The van der Waals surface area contributed by atoms with Crippen LogP contribution in [-0.2, 0) is 4.74 Å². The van der Waals surface area contributed by atoms with E-state index in [0.717, 1.165) is 25.3 Å². The number of hydrogen-bond acceptors (Lipinski definition) is 5. The molecule has 0 amide bonds. The zero-order valence-electron chi connectivity index (χ0n) is 10.6. The molecule has 1 aromatic rings. The van der Waals surface area contributed by atoms with Gasteiger partial charge in [-0.1, -0.05) is 12.2 Å². The average molecular weight is 266 g/mol. The summed E-state index contributed by atoms with van der Waals surface area (Å²) in [5.41, 5.74) is 5.94. The van der Waals surface area contributed by atoms with Gasteiger partial charge in [0.25, 0.3) is 0 Å². The van der Waals surface area contributed by atoms with E-state index in [0.29, 0.717) is 11.7 Å². The SMILES string of the molecule is CC1(C)CC(Nc2cnc(C(N)=S)cn2)CCO1. The van der Waals surface area contributed by atoms with Gasteiger partial charge in [-0.3, -0.25) is 0 Å². The van der Waals surface area contributed by atoms with Gasteiger partial charge in [0.1, 0.15) is 16.5 Å². The van der Waals surface area contributed by atoms with E-state index in [9.17, 15) is 0 Å². The Balaban J connectivity index is 1.99. The van der Waals surface area contributed by atoms with Crippen molar-refractivity contribution < 1.29 is 4.74 Å². The molecule has 1 unspecified atom stereocenters. The van der Waals surface area contributed by atoms with Crippen LogP contribution in [0, 0.1) is 0 Å². The Hall–Kier alpha value is -1.27. The molecule has 1 fully saturated rings. The summed E-state index contributed by atoms with van der Waals surface area (Å²) in [6.07, 6.45) is 5.18. The Morgan fingerprint density at radius 1 is 1.50 bits per heavy atom. The second-order valence-electron chi connectivity index (χ2n) is 5.09. The molecule has 0 spiro atoms. The molecule has 0 aliphatic carbocycles. The second-order valence-corrected chi connectivity index (χ2v) is 5.53. The Labute approximate surface area is 112 Å². The lowest BCUT2D eigenvalue weighted by molar-refractivity contribution is -0.0553. The first-order valence-corrected chi connectivity index (χ1v) is 6.39. The highest BCUT2D eigenvalue weighted by Crippen LogP contribution is 2.25. The van der Waals surface area contributed by atoms with Gasteiger partial charge in [0.05, 0.1) is 18.0 Å². The number of nitrogens with two attached hydrogens (primary N) is 1. The fourth-order valence-electron chi connectivity index (χ4n) is 2.09. The van der Waals surface area contributed by atoms with E-state index in [4.69, 9.17) is 22.7 Å². The standard InChI is InChI=1S/C12H18N4OS/c1-12(2)5-8(3-4-17-12)16-10-7-14-9(6-15-10)11(13)18/h6-8H,3-5H2,1-2H3,(H2,13,18)(H,15,16). The van der Waals surface area contributed by atoms with Crippen LogP contribution in [0.15, 0.2) is 12.4 Å². The highest BCUT2D eigenvalue weighted by atomic mass is 32.1. The fourth-order valence-corrected chi connectivity index (χ4v) is 2.20. The molecule has 0 bridgehead atoms. The van der Waals surface area contributed by atoms with E-state index in [1.54, 1.807) is 12.4 Å². The maximum atomic E-state index is 5.67. The van der Waals surface area contributed by atoms with Crippen LogP contribution >= 0.6 is 12.2 Å². The average Bonchev–Trinajstić information content (AvgIpc) is 2.28. The predicted octanol–water partition coefficient (Wildman–Crippen LogP) is 1.48. The third-order valence-electron chi connectivity index (χ3n) is 2.95. The van der Waals surface area contributed by atoms with E-state index in [-0.39, 0.29) is 10.6 Å². The Bertz CT molecular complexity index is 432. The molecule has 6 heteroatoms. The van der Waals surface area contributed by atoms with E-state index in [1.807, 2.05) is 0 Å². The molecule has 1 atom stereocenters. The molecule has 1 aromatic heterocycles. The summed E-state index contributed by atoms with van der Waals surface area (Å²) in [6.45, 7) is 4.97. The Morgan fingerprint density at radius 3 is 2.83 bits per heavy atom. The normalized spacial score (nSPS) is 22.4. The Kier molecular flexibility index (Phi) is 3.77. The highest BCUT2D eigenvalue weighted by Gasteiger charge is 2.28. The van der Waals surface area contributed by atoms with Crippen molar-refractivity contribution in [2.45, 2.75) is 38.3 Å². The van der Waals surface area contributed by atoms with E-state index in [2.05, 4.69) is 29.1 Å². The quantitative estimate of drug-likeness (QED) is 0.807. The molecule has 5 nitrogen and oxygen atoms in total. The van der Waals surface area contributed by atoms with Gasteiger partial charge in [-0.05, 0) is 26.7 Å². The first-order valence-electron chi connectivity index (χ1n) is 5.99. The molecule has 2 heterocycles. The van der Waals surface area contributed by atoms with Crippen LogP contribution in [0.5, 0.6) is 0 Å². The molecule has 1 saturated heterocycles. The smallest absolute Gasteiger partial charge is 0.144 e. The van der Waals surface area contributed by atoms with Gasteiger partial charge in [0, 0.05) is 12.6 Å². The van der Waals surface area contributed by atoms with E-state index >= 15 is 0 Å². The maximum Gasteiger partial charge on any atom is 0.144 e. The van der Waals surface area contributed by atoms with Crippen molar-refractivity contribution in [2.24, 2.45) is 5.73 Å². The minimum Gasteiger partial charge on any atom is -0.388 e. The number of nitrogens with one attached hydrogen (secondary N) is 1. The van der Waals surface area contributed by atoms with Crippen molar-refractivity contribution in [1.29, 1.82) is 0 Å². The third kappa shape index (κ3) is 3.36. The molecule has 1 aliphatic rings. The van der Waals surface area contributed by atoms with Gasteiger partial charge in [-0.25, -0.2) is 9.97 Å². The predicted molar refractivity (Wildman–Crippen MR) is 74.6 cm³/mol. The van der Waals surface area contributed by atoms with E-state index < -0.39 is 0 Å². The number of anilines is 1. The van der Waals surface area contributed by atoms with Gasteiger partial charge in [-0.15, -0.1) is 0 Å². The van der Waals surface area contributed by atoms with Gasteiger partial charge in [0.2, 0.25) is 0 Å². The lowest BCUT2D eigenvalue weighted by Crippen LogP contribution is -2.40. The van der Waals surface area contributed by atoms with Crippen LogP contribution in [0.25, 0.3) is 0 Å². The van der Waals surface area contributed by atoms with Crippen LogP contribution in [-0.4, -0.2) is 33.2 Å². The number of thiocarbonyl (C=S) groups is 1. The second kappa shape index (κ2) is 5.16. The molecule has 3 N–H and O–H groups in total. The van der Waals surface area contributed by atoms with Crippen molar-refractivity contribution in [3.05, 3.63) is 18.1 Å². The highest BCUT2D eigenvalue weighted by molar-refractivity contribution is 7.80. The minimum absolute atomic E-state index is 0.0812. The van der Waals surface area contributed by atoms with Crippen LogP contribution in [0.4, 0.5) is 5.82 Å². The molecule has 18 heavy (non-hydrogen) atoms. The summed E-state index contributed by atoms with van der Waals surface area (Å²) in [7, 11) is 0. The molecule has 2 rings (SSSR count). The largest absolute Gasteiger partial charge is 0.388 e. The third-order valence-corrected chi connectivity index (χ3v) is 3.16. The lowest BCUT2D eigenvalue weighted by atomic mass is 9.94. The van der Waals surface area contributed by atoms with Gasteiger partial charge in [0.15, 0.2) is 0 Å². The van der Waals surface area contributed by atoms with E-state index in [1.165, 1.54) is 0 Å². The number of rotatable bonds is 3. The summed E-state index contributed by atoms with van der Waals surface area (Å²) >= 11 is 4.84. The zero-order chi connectivity index (χ0) is 13.2. The molecule has 0 saturated carbocycles. The number of nitrogens with zero attached hydrogens (tertiary/aromatic N) is 2. The van der Waals surface area contributed by atoms with Crippen molar-refractivity contribution in [3.63, 3.8) is 0 Å². The van der Waals surface area contributed by atoms with Crippen LogP contribution in [0.1, 0.15) is 32.4 Å². The molecule has 1 aliphatic heterocycles. The summed E-state index contributed by atoms with van der Waals surface area (Å²) < 4.78 is 5.67. The topological polar surface area (TPSA) is 73.1 Å². The first kappa shape index (κ1) is 13.2. The summed E-state index contributed by atoms with van der Waals surface area (Å²) in [5, 5.41) is 3.36. The van der Waals surface area contributed by atoms with Gasteiger partial charge < -0.3 is 15.8 Å². The van der Waals surface area contributed by atoms with Crippen LogP contribution in [0.2, 0.25) is 0 Å². The van der Waals surface area contributed by atoms with Gasteiger partial charge >= 0.3 is 0 Å². The molecule has 0 radical (unpaired) electrons. The van der Waals surface area contributed by atoms with Crippen molar-refractivity contribution in [1.82, 2.24) is 9.97 Å². The summed E-state index contributed by atoms with van der Waals surface area (Å²) in [6, 6.07) is 0.360. The molecular weight excluding hydrogens is 248 g/mol. The number of ether oxygens (including phenoxy) is 1. The Morgan fingerprint density at radius 2 is 2.28 bits per heavy atom. The monoisotopic (exact) mass is 266 g/mol. The number of hydrogen-bond donors (Lipinski definition) is 2. The van der Waals surface area contributed by atoms with Gasteiger partial charge in [-0.2, -0.15) is 0 Å². The minimum atomic E-state index is -0.0812. The molecule has 98 valence electrons. The number of aromatic nitrogens is 2. The molecule has 0 aromatic carbocycles. The van der Waals surface area contributed by atoms with Crippen LogP contribution in [0.3, 0.4) is 0 Å². The zero-order valence-corrected chi connectivity index (χ0v) is 11.5. The summed E-state index contributed by atoms with van der Waals surface area (Å²) in [5.74, 6) is 0.748. The van der Waals surface area contributed by atoms with Crippen molar-refractivity contribution in [2.75, 3.05) is 11.9 Å².